The number of piperidine rings is 1. The number of hydrogen-bond acceptors (Lipinski definition) is 6. The normalized spacial score (nSPS) is 15.3. The van der Waals surface area contributed by atoms with Gasteiger partial charge in [-0.3, -0.25) is 0 Å². The van der Waals surface area contributed by atoms with Crippen LogP contribution in [0.2, 0.25) is 0 Å². The molecule has 1 aromatic carbocycles. The Hall–Kier alpha value is -2.59. The van der Waals surface area contributed by atoms with E-state index in [4.69, 9.17) is 9.26 Å². The number of ether oxygens (including phenoxy) is 1. The molecule has 0 saturated carbocycles. The van der Waals surface area contributed by atoms with E-state index in [-0.39, 0.29) is 22.6 Å². The molecule has 1 saturated heterocycles. The molecular formula is C19H26N4O5S. The predicted octanol–water partition coefficient (Wildman–Crippen LogP) is 2.52. The molecule has 3 rings (SSSR count). The number of amides is 2. The van der Waals surface area contributed by atoms with Crippen molar-refractivity contribution in [1.29, 1.82) is 0 Å². The highest BCUT2D eigenvalue weighted by molar-refractivity contribution is 7.89. The van der Waals surface area contributed by atoms with Crippen LogP contribution in [0.5, 0.6) is 5.75 Å². The molecule has 0 radical (unpaired) electrons. The summed E-state index contributed by atoms with van der Waals surface area (Å²) in [4.78, 5) is 14.4. The minimum Gasteiger partial charge on any atom is -0.495 e. The van der Waals surface area contributed by atoms with E-state index in [2.05, 4.69) is 15.2 Å². The van der Waals surface area contributed by atoms with Crippen LogP contribution in [-0.2, 0) is 10.0 Å². The third-order valence-electron chi connectivity index (χ3n) is 5.05. The first-order chi connectivity index (χ1) is 13.8. The summed E-state index contributed by atoms with van der Waals surface area (Å²) in [6.07, 6.45) is 1.42. The van der Waals surface area contributed by atoms with Crippen LogP contribution in [0.15, 0.2) is 33.7 Å². The van der Waals surface area contributed by atoms with Gasteiger partial charge in [-0.15, -0.1) is 0 Å². The topological polar surface area (TPSA) is 114 Å². The SMILES string of the molecule is COc1ccccc1NC(=O)N1CCC(CNS(=O)(=O)c2c(C)noc2C)CC1. The van der Waals surface area contributed by atoms with Gasteiger partial charge in [0.2, 0.25) is 10.0 Å². The second kappa shape index (κ2) is 8.83. The van der Waals surface area contributed by atoms with E-state index in [0.717, 1.165) is 0 Å². The van der Waals surface area contributed by atoms with Gasteiger partial charge in [-0.1, -0.05) is 17.3 Å². The molecule has 1 aliphatic rings. The summed E-state index contributed by atoms with van der Waals surface area (Å²) in [5.41, 5.74) is 0.965. The quantitative estimate of drug-likeness (QED) is 0.739. The number of urea groups is 1. The molecule has 2 heterocycles. The summed E-state index contributed by atoms with van der Waals surface area (Å²) < 4.78 is 37.9. The number of para-hydroxylation sites is 2. The van der Waals surface area contributed by atoms with Crippen LogP contribution in [0, 0.1) is 19.8 Å². The molecule has 0 spiro atoms. The van der Waals surface area contributed by atoms with Crippen molar-refractivity contribution in [2.24, 2.45) is 5.92 Å². The van der Waals surface area contributed by atoms with E-state index in [1.54, 1.807) is 38.0 Å². The van der Waals surface area contributed by atoms with Gasteiger partial charge in [-0.2, -0.15) is 0 Å². The minimum absolute atomic E-state index is 0.103. The maximum absolute atomic E-state index is 12.5. The number of sulfonamides is 1. The van der Waals surface area contributed by atoms with Crippen molar-refractivity contribution in [3.05, 3.63) is 35.7 Å². The molecule has 0 unspecified atom stereocenters. The number of benzene rings is 1. The lowest BCUT2D eigenvalue weighted by Crippen LogP contribution is -2.43. The fraction of sp³-hybridized carbons (Fsp3) is 0.474. The first kappa shape index (κ1) is 21.1. The van der Waals surface area contributed by atoms with Crippen molar-refractivity contribution >= 4 is 21.7 Å². The number of aromatic nitrogens is 1. The number of nitrogens with one attached hydrogen (secondary N) is 2. The number of nitrogens with zero attached hydrogens (tertiary/aromatic N) is 2. The molecule has 0 aliphatic carbocycles. The second-order valence-corrected chi connectivity index (χ2v) is 8.77. The highest BCUT2D eigenvalue weighted by atomic mass is 32.2. The van der Waals surface area contributed by atoms with Gasteiger partial charge in [-0.05, 0) is 44.7 Å². The maximum atomic E-state index is 12.5. The number of methoxy groups -OCH3 is 1. The van der Waals surface area contributed by atoms with Gasteiger partial charge < -0.3 is 19.5 Å². The maximum Gasteiger partial charge on any atom is 0.321 e. The summed E-state index contributed by atoms with van der Waals surface area (Å²) in [6.45, 7) is 4.60. The summed E-state index contributed by atoms with van der Waals surface area (Å²) >= 11 is 0. The van der Waals surface area contributed by atoms with Crippen LogP contribution in [0.3, 0.4) is 0 Å². The Balaban J connectivity index is 1.51. The fourth-order valence-electron chi connectivity index (χ4n) is 3.44. The van der Waals surface area contributed by atoms with Gasteiger partial charge in [0.15, 0.2) is 5.76 Å². The largest absolute Gasteiger partial charge is 0.495 e. The van der Waals surface area contributed by atoms with E-state index < -0.39 is 10.0 Å². The molecule has 2 aromatic rings. The van der Waals surface area contributed by atoms with Gasteiger partial charge in [0, 0.05) is 19.6 Å². The van der Waals surface area contributed by atoms with Crippen LogP contribution in [0.4, 0.5) is 10.5 Å². The van der Waals surface area contributed by atoms with Gasteiger partial charge in [-0.25, -0.2) is 17.9 Å². The summed E-state index contributed by atoms with van der Waals surface area (Å²) in [6, 6.07) is 7.04. The molecule has 9 nitrogen and oxygen atoms in total. The Labute approximate surface area is 170 Å². The van der Waals surface area contributed by atoms with Crippen molar-refractivity contribution in [2.45, 2.75) is 31.6 Å². The average Bonchev–Trinajstić information content (AvgIpc) is 3.06. The Morgan fingerprint density at radius 2 is 1.97 bits per heavy atom. The number of carbonyl (C=O) groups excluding carboxylic acids is 1. The van der Waals surface area contributed by atoms with Crippen LogP contribution in [0.1, 0.15) is 24.3 Å². The second-order valence-electron chi connectivity index (χ2n) is 7.07. The fourth-order valence-corrected chi connectivity index (χ4v) is 4.88. The molecule has 10 heteroatoms. The molecule has 0 atom stereocenters. The number of aryl methyl sites for hydroxylation is 2. The van der Waals surface area contributed by atoms with Gasteiger partial charge in [0.1, 0.15) is 16.3 Å². The lowest BCUT2D eigenvalue weighted by molar-refractivity contribution is 0.183. The molecule has 0 bridgehead atoms. The molecule has 1 fully saturated rings. The van der Waals surface area contributed by atoms with Gasteiger partial charge >= 0.3 is 6.03 Å². The monoisotopic (exact) mass is 422 g/mol. The van der Waals surface area contributed by atoms with Crippen molar-refractivity contribution in [3.8, 4) is 5.75 Å². The summed E-state index contributed by atoms with van der Waals surface area (Å²) in [5.74, 6) is 1.03. The van der Waals surface area contributed by atoms with Crippen LogP contribution in [0.25, 0.3) is 0 Å². The molecule has 1 aromatic heterocycles. The molecule has 2 N–H and O–H groups in total. The molecular weight excluding hydrogens is 396 g/mol. The van der Waals surface area contributed by atoms with Gasteiger partial charge in [0.05, 0.1) is 12.8 Å². The van der Waals surface area contributed by atoms with Gasteiger partial charge in [0.25, 0.3) is 0 Å². The van der Waals surface area contributed by atoms with E-state index >= 15 is 0 Å². The first-order valence-electron chi connectivity index (χ1n) is 9.43. The van der Waals surface area contributed by atoms with E-state index in [0.29, 0.717) is 49.6 Å². The lowest BCUT2D eigenvalue weighted by atomic mass is 9.97. The number of hydrogen-bond donors (Lipinski definition) is 2. The van der Waals surface area contributed by atoms with E-state index in [9.17, 15) is 13.2 Å². The number of rotatable bonds is 6. The zero-order chi connectivity index (χ0) is 21.0. The average molecular weight is 423 g/mol. The zero-order valence-corrected chi connectivity index (χ0v) is 17.6. The number of carbonyl (C=O) groups is 1. The van der Waals surface area contributed by atoms with Crippen molar-refractivity contribution in [3.63, 3.8) is 0 Å². The van der Waals surface area contributed by atoms with E-state index in [1.807, 2.05) is 12.1 Å². The Morgan fingerprint density at radius 3 is 2.59 bits per heavy atom. The highest BCUT2D eigenvalue weighted by Gasteiger charge is 2.27. The molecule has 158 valence electrons. The Bertz CT molecular complexity index is 945. The van der Waals surface area contributed by atoms with Crippen molar-refractivity contribution in [2.75, 3.05) is 32.1 Å². The van der Waals surface area contributed by atoms with Crippen molar-refractivity contribution in [1.82, 2.24) is 14.8 Å². The van der Waals surface area contributed by atoms with E-state index in [1.165, 1.54) is 0 Å². The molecule has 2 amide bonds. The third-order valence-corrected chi connectivity index (χ3v) is 6.72. The number of likely N-dealkylation sites (tertiary alicyclic amines) is 1. The Morgan fingerprint density at radius 1 is 1.28 bits per heavy atom. The predicted molar refractivity (Wildman–Crippen MR) is 107 cm³/mol. The zero-order valence-electron chi connectivity index (χ0n) is 16.8. The van der Waals surface area contributed by atoms with Crippen LogP contribution in [-0.4, -0.2) is 51.2 Å². The summed E-state index contributed by atoms with van der Waals surface area (Å²) in [5, 5.41) is 6.57. The third kappa shape index (κ3) is 4.88. The standard InChI is InChI=1S/C19H26N4O5S/c1-13-18(14(2)28-22-13)29(25,26)20-12-15-8-10-23(11-9-15)19(24)21-16-6-4-5-7-17(16)27-3/h4-7,15,20H,8-12H2,1-3H3,(H,21,24). The molecule has 1 aliphatic heterocycles. The van der Waals surface area contributed by atoms with Crippen molar-refractivity contribution < 1.29 is 22.5 Å². The smallest absolute Gasteiger partial charge is 0.321 e. The summed E-state index contributed by atoms with van der Waals surface area (Å²) in [7, 11) is -2.11. The van der Waals surface area contributed by atoms with Crippen LogP contribution < -0.4 is 14.8 Å². The minimum atomic E-state index is -3.67. The first-order valence-corrected chi connectivity index (χ1v) is 10.9. The van der Waals surface area contributed by atoms with Crippen LogP contribution >= 0.6 is 0 Å². The lowest BCUT2D eigenvalue weighted by Gasteiger charge is -2.32. The Kier molecular flexibility index (Phi) is 6.43. The highest BCUT2D eigenvalue weighted by Crippen LogP contribution is 2.25. The number of anilines is 1. The molecule has 29 heavy (non-hydrogen) atoms.